The van der Waals surface area contributed by atoms with Crippen molar-refractivity contribution in [1.82, 2.24) is 0 Å². The Kier molecular flexibility index (Phi) is 5.49. The van der Waals surface area contributed by atoms with Gasteiger partial charge in [-0.1, -0.05) is 29.8 Å². The molecule has 0 spiro atoms. The van der Waals surface area contributed by atoms with Crippen LogP contribution in [0.1, 0.15) is 23.7 Å². The number of carbonyl (C=O) groups excluding carboxylic acids is 3. The number of carbonyl (C=O) groups is 3. The molecule has 23 heavy (non-hydrogen) atoms. The van der Waals surface area contributed by atoms with Crippen molar-refractivity contribution >= 4 is 40.6 Å². The molecule has 0 aliphatic carbocycles. The second kappa shape index (κ2) is 7.56. The normalized spacial score (nSPS) is 10.0. The summed E-state index contributed by atoms with van der Waals surface area (Å²) in [5, 5.41) is 5.56. The Morgan fingerprint density at radius 3 is 2.35 bits per heavy atom. The maximum Gasteiger partial charge on any atom is 0.255 e. The van der Waals surface area contributed by atoms with Crippen molar-refractivity contribution < 1.29 is 14.4 Å². The van der Waals surface area contributed by atoms with Gasteiger partial charge in [-0.25, -0.2) is 0 Å². The smallest absolute Gasteiger partial charge is 0.255 e. The monoisotopic (exact) mass is 330 g/mol. The zero-order valence-electron chi connectivity index (χ0n) is 12.4. The van der Waals surface area contributed by atoms with Crippen LogP contribution in [0.4, 0.5) is 11.4 Å². The van der Waals surface area contributed by atoms with E-state index in [4.69, 9.17) is 11.6 Å². The van der Waals surface area contributed by atoms with Gasteiger partial charge in [-0.05, 0) is 37.3 Å². The molecule has 0 unspecified atom stereocenters. The number of rotatable bonds is 5. The average molecular weight is 331 g/mol. The summed E-state index contributed by atoms with van der Waals surface area (Å²) in [5.74, 6) is -1.05. The molecule has 0 radical (unpaired) electrons. The van der Waals surface area contributed by atoms with Gasteiger partial charge in [0, 0.05) is 11.3 Å². The van der Waals surface area contributed by atoms with Gasteiger partial charge in [0.25, 0.3) is 5.91 Å². The van der Waals surface area contributed by atoms with E-state index in [2.05, 4.69) is 10.6 Å². The summed E-state index contributed by atoms with van der Waals surface area (Å²) in [6.45, 7) is 1.32. The Hall–Kier alpha value is -2.66. The van der Waals surface area contributed by atoms with E-state index in [1.54, 1.807) is 18.2 Å². The summed E-state index contributed by atoms with van der Waals surface area (Å²) in [7, 11) is 0. The van der Waals surface area contributed by atoms with Crippen LogP contribution in [-0.4, -0.2) is 17.6 Å². The molecule has 0 aliphatic rings. The number of para-hydroxylation sites is 1. The molecule has 2 amide bonds. The van der Waals surface area contributed by atoms with Crippen molar-refractivity contribution in [3.63, 3.8) is 0 Å². The molecule has 5 nitrogen and oxygen atoms in total. The molecular weight excluding hydrogens is 316 g/mol. The topological polar surface area (TPSA) is 75.3 Å². The summed E-state index contributed by atoms with van der Waals surface area (Å²) in [4.78, 5) is 34.8. The third kappa shape index (κ3) is 4.93. The van der Waals surface area contributed by atoms with Crippen LogP contribution >= 0.6 is 11.6 Å². The number of benzene rings is 2. The molecule has 0 bridgehead atoms. The van der Waals surface area contributed by atoms with Crippen molar-refractivity contribution in [2.45, 2.75) is 13.3 Å². The number of hydrogen-bond acceptors (Lipinski definition) is 3. The second-order valence-corrected chi connectivity index (χ2v) is 5.35. The molecule has 0 fully saturated rings. The van der Waals surface area contributed by atoms with E-state index in [-0.39, 0.29) is 23.1 Å². The zero-order valence-corrected chi connectivity index (χ0v) is 13.2. The average Bonchev–Trinajstić information content (AvgIpc) is 2.49. The third-order valence-corrected chi connectivity index (χ3v) is 3.27. The Bertz CT molecular complexity index is 745. The lowest BCUT2D eigenvalue weighted by Crippen LogP contribution is -2.16. The summed E-state index contributed by atoms with van der Waals surface area (Å²) in [5.41, 5.74) is 1.30. The molecule has 0 saturated carbocycles. The molecule has 2 N–H and O–H groups in total. The predicted molar refractivity (Wildman–Crippen MR) is 89.8 cm³/mol. The first kappa shape index (κ1) is 16.7. The highest BCUT2D eigenvalue weighted by Crippen LogP contribution is 2.24. The fraction of sp³-hybridized carbons (Fsp3) is 0.118. The number of hydrogen-bond donors (Lipinski definition) is 2. The Morgan fingerprint density at radius 2 is 1.70 bits per heavy atom. The van der Waals surface area contributed by atoms with E-state index >= 15 is 0 Å². The molecule has 118 valence electrons. The fourth-order valence-electron chi connectivity index (χ4n) is 1.91. The van der Waals surface area contributed by atoms with Crippen LogP contribution in [0.15, 0.2) is 48.5 Å². The predicted octanol–water partition coefficient (Wildman–Crippen LogP) is 3.51. The first-order valence-electron chi connectivity index (χ1n) is 6.91. The molecule has 0 heterocycles. The van der Waals surface area contributed by atoms with Gasteiger partial charge < -0.3 is 10.6 Å². The van der Waals surface area contributed by atoms with Gasteiger partial charge in [0.1, 0.15) is 5.78 Å². The quantitative estimate of drug-likeness (QED) is 0.824. The van der Waals surface area contributed by atoms with Crippen molar-refractivity contribution in [3.8, 4) is 0 Å². The Labute approximate surface area is 138 Å². The maximum absolute atomic E-state index is 12.2. The van der Waals surface area contributed by atoms with Crippen molar-refractivity contribution in [3.05, 3.63) is 59.1 Å². The fourth-order valence-corrected chi connectivity index (χ4v) is 2.07. The minimum atomic E-state index is -0.472. The van der Waals surface area contributed by atoms with Crippen LogP contribution in [0.25, 0.3) is 0 Å². The van der Waals surface area contributed by atoms with E-state index in [1.807, 2.05) is 18.2 Å². The minimum absolute atomic E-state index is 0.239. The van der Waals surface area contributed by atoms with Crippen LogP contribution in [0.3, 0.4) is 0 Å². The lowest BCUT2D eigenvalue weighted by atomic mass is 10.1. The van der Waals surface area contributed by atoms with Gasteiger partial charge in [-0.15, -0.1) is 0 Å². The van der Waals surface area contributed by atoms with Gasteiger partial charge in [0.15, 0.2) is 0 Å². The number of amides is 2. The zero-order chi connectivity index (χ0) is 16.8. The van der Waals surface area contributed by atoms with Gasteiger partial charge >= 0.3 is 0 Å². The van der Waals surface area contributed by atoms with Gasteiger partial charge in [0.05, 0.1) is 17.1 Å². The molecule has 0 saturated heterocycles. The van der Waals surface area contributed by atoms with E-state index in [9.17, 15) is 14.4 Å². The second-order valence-electron chi connectivity index (χ2n) is 4.94. The van der Waals surface area contributed by atoms with Gasteiger partial charge in [-0.2, -0.15) is 0 Å². The summed E-state index contributed by atoms with van der Waals surface area (Å²) in [6, 6.07) is 13.5. The van der Waals surface area contributed by atoms with Crippen molar-refractivity contribution in [1.29, 1.82) is 0 Å². The largest absolute Gasteiger partial charge is 0.324 e. The van der Waals surface area contributed by atoms with E-state index in [0.717, 1.165) is 0 Å². The highest BCUT2D eigenvalue weighted by atomic mass is 35.5. The van der Waals surface area contributed by atoms with E-state index in [1.165, 1.54) is 19.1 Å². The Balaban J connectivity index is 2.14. The maximum atomic E-state index is 12.2. The third-order valence-electron chi connectivity index (χ3n) is 2.94. The van der Waals surface area contributed by atoms with Crippen LogP contribution in [0.2, 0.25) is 5.02 Å². The van der Waals surface area contributed by atoms with Gasteiger partial charge in [-0.3, -0.25) is 14.4 Å². The molecule has 0 aromatic heterocycles. The lowest BCUT2D eigenvalue weighted by Gasteiger charge is -2.10. The molecule has 2 aromatic rings. The molecular formula is C17H15ClN2O3. The molecule has 6 heteroatoms. The first-order valence-corrected chi connectivity index (χ1v) is 7.29. The van der Waals surface area contributed by atoms with Crippen LogP contribution in [0.5, 0.6) is 0 Å². The molecule has 0 aliphatic heterocycles. The van der Waals surface area contributed by atoms with Crippen LogP contribution in [-0.2, 0) is 9.59 Å². The minimum Gasteiger partial charge on any atom is -0.324 e. The molecule has 2 rings (SSSR count). The lowest BCUT2D eigenvalue weighted by molar-refractivity contribution is -0.124. The number of anilines is 2. The highest BCUT2D eigenvalue weighted by molar-refractivity contribution is 6.34. The first-order chi connectivity index (χ1) is 11.0. The van der Waals surface area contributed by atoms with Crippen LogP contribution in [0, 0.1) is 0 Å². The van der Waals surface area contributed by atoms with Crippen LogP contribution < -0.4 is 10.6 Å². The van der Waals surface area contributed by atoms with Gasteiger partial charge in [0.2, 0.25) is 5.91 Å². The highest BCUT2D eigenvalue weighted by Gasteiger charge is 2.12. The van der Waals surface area contributed by atoms with E-state index < -0.39 is 5.91 Å². The molecule has 0 atom stereocenters. The number of Topliss-reactive ketones (excluding diaryl/α,β-unsaturated/α-hetero) is 1. The number of nitrogens with one attached hydrogen (secondary N) is 2. The van der Waals surface area contributed by atoms with Crippen molar-refractivity contribution in [2.24, 2.45) is 0 Å². The van der Waals surface area contributed by atoms with Crippen molar-refractivity contribution in [2.75, 3.05) is 10.6 Å². The van der Waals surface area contributed by atoms with E-state index in [0.29, 0.717) is 16.9 Å². The summed E-state index contributed by atoms with van der Waals surface area (Å²) in [6.07, 6.45) is -0.239. The standard InChI is InChI=1S/C17H15ClN2O3/c1-11(21)9-16(22)20-15-10-12(7-8-14(15)18)17(23)19-13-5-3-2-4-6-13/h2-8,10H,9H2,1H3,(H,19,23)(H,20,22). The molecule has 2 aromatic carbocycles. The summed E-state index contributed by atoms with van der Waals surface area (Å²) < 4.78 is 0. The SMILES string of the molecule is CC(=O)CC(=O)Nc1cc(C(=O)Nc2ccccc2)ccc1Cl. The summed E-state index contributed by atoms with van der Waals surface area (Å²) >= 11 is 6.01. The number of ketones is 1. The Morgan fingerprint density at radius 1 is 1.00 bits per heavy atom. The number of halogens is 1.